The van der Waals surface area contributed by atoms with E-state index < -0.39 is 5.60 Å². The van der Waals surface area contributed by atoms with Crippen molar-refractivity contribution in [1.29, 1.82) is 0 Å². The molecule has 1 fully saturated rings. The zero-order valence-electron chi connectivity index (χ0n) is 15.5. The summed E-state index contributed by atoms with van der Waals surface area (Å²) >= 11 is 7.19. The number of halogens is 1. The van der Waals surface area contributed by atoms with Crippen LogP contribution in [-0.4, -0.2) is 64.3 Å². The van der Waals surface area contributed by atoms with Gasteiger partial charge in [0, 0.05) is 31.2 Å². The fraction of sp³-hybridized carbons (Fsp3) is 0.500. The molecule has 0 N–H and O–H groups in total. The van der Waals surface area contributed by atoms with Gasteiger partial charge >= 0.3 is 6.09 Å². The summed E-state index contributed by atoms with van der Waals surface area (Å²) < 4.78 is 11.0. The molecule has 0 unspecified atom stereocenters. The van der Waals surface area contributed by atoms with Crippen LogP contribution in [0.3, 0.4) is 0 Å². The van der Waals surface area contributed by atoms with Crippen molar-refractivity contribution in [2.45, 2.75) is 31.6 Å². The highest BCUT2D eigenvalue weighted by Gasteiger charge is 2.27. The number of carbonyl (C=O) groups excluding carboxylic acids is 2. The van der Waals surface area contributed by atoms with Crippen LogP contribution in [0.5, 0.6) is 0 Å². The van der Waals surface area contributed by atoms with E-state index in [1.807, 2.05) is 20.8 Å². The maximum Gasteiger partial charge on any atom is 0.410 e. The van der Waals surface area contributed by atoms with Crippen LogP contribution in [0.25, 0.3) is 11.1 Å². The number of carbonyl (C=O) groups is 2. The van der Waals surface area contributed by atoms with Gasteiger partial charge in [-0.2, -0.15) is 0 Å². The zero-order valence-corrected chi connectivity index (χ0v) is 17.1. The average molecular weight is 412 g/mol. The van der Waals surface area contributed by atoms with E-state index in [2.05, 4.69) is 4.98 Å². The second-order valence-electron chi connectivity index (χ2n) is 7.23. The molecule has 1 aromatic carbocycles. The van der Waals surface area contributed by atoms with E-state index in [0.717, 1.165) is 0 Å². The first-order valence-electron chi connectivity index (χ1n) is 8.66. The Bertz CT molecular complexity index is 841. The third-order valence-electron chi connectivity index (χ3n) is 3.93. The first-order chi connectivity index (χ1) is 12.7. The van der Waals surface area contributed by atoms with Crippen molar-refractivity contribution in [1.82, 2.24) is 14.8 Å². The SMILES string of the molecule is CC(C)(C)OC(=O)N1CCN(C(=O)CSc2nc3cc(Cl)ccc3o2)CC1. The molecule has 27 heavy (non-hydrogen) atoms. The summed E-state index contributed by atoms with van der Waals surface area (Å²) in [6, 6.07) is 5.22. The van der Waals surface area contributed by atoms with Gasteiger partial charge in [0.25, 0.3) is 5.22 Å². The van der Waals surface area contributed by atoms with Crippen molar-refractivity contribution in [3.8, 4) is 0 Å². The Morgan fingerprint density at radius 3 is 2.56 bits per heavy atom. The summed E-state index contributed by atoms with van der Waals surface area (Å²) in [7, 11) is 0. The molecule has 0 spiro atoms. The lowest BCUT2D eigenvalue weighted by Gasteiger charge is -2.35. The number of rotatable bonds is 3. The Hall–Kier alpha value is -1.93. The predicted molar refractivity (Wildman–Crippen MR) is 104 cm³/mol. The minimum absolute atomic E-state index is 0.0101. The molecule has 2 aromatic rings. The van der Waals surface area contributed by atoms with Gasteiger partial charge < -0.3 is 19.0 Å². The molecule has 2 heterocycles. The molecule has 0 bridgehead atoms. The lowest BCUT2D eigenvalue weighted by atomic mass is 10.2. The molecule has 146 valence electrons. The van der Waals surface area contributed by atoms with Gasteiger partial charge in [-0.25, -0.2) is 9.78 Å². The molecular formula is C18H22ClN3O4S. The van der Waals surface area contributed by atoms with E-state index in [1.165, 1.54) is 11.8 Å². The lowest BCUT2D eigenvalue weighted by Crippen LogP contribution is -2.52. The standard InChI is InChI=1S/C18H22ClN3O4S/c1-18(2,3)26-17(24)22-8-6-21(7-9-22)15(23)11-27-16-20-13-10-12(19)4-5-14(13)25-16/h4-5,10H,6-9,11H2,1-3H3. The van der Waals surface area contributed by atoms with Crippen LogP contribution < -0.4 is 0 Å². The van der Waals surface area contributed by atoms with Crippen molar-refractivity contribution in [3.63, 3.8) is 0 Å². The van der Waals surface area contributed by atoms with E-state index in [4.69, 9.17) is 20.8 Å². The van der Waals surface area contributed by atoms with Gasteiger partial charge in [-0.1, -0.05) is 23.4 Å². The highest BCUT2D eigenvalue weighted by molar-refractivity contribution is 7.99. The second-order valence-corrected chi connectivity index (χ2v) is 8.59. The number of hydrogen-bond donors (Lipinski definition) is 0. The van der Waals surface area contributed by atoms with Crippen molar-refractivity contribution >= 4 is 46.5 Å². The molecule has 1 aliphatic rings. The maximum atomic E-state index is 12.4. The molecule has 1 saturated heterocycles. The molecule has 0 saturated carbocycles. The number of ether oxygens (including phenoxy) is 1. The summed E-state index contributed by atoms with van der Waals surface area (Å²) in [5.41, 5.74) is 0.786. The van der Waals surface area contributed by atoms with Crippen LogP contribution in [0.4, 0.5) is 4.79 Å². The summed E-state index contributed by atoms with van der Waals surface area (Å²) in [5.74, 6) is 0.219. The van der Waals surface area contributed by atoms with Crippen molar-refractivity contribution in [2.75, 3.05) is 31.9 Å². The van der Waals surface area contributed by atoms with Crippen LogP contribution in [0.1, 0.15) is 20.8 Å². The number of benzene rings is 1. The topological polar surface area (TPSA) is 75.9 Å². The third-order valence-corrected chi connectivity index (χ3v) is 4.98. The van der Waals surface area contributed by atoms with Gasteiger partial charge in [0.1, 0.15) is 11.1 Å². The predicted octanol–water partition coefficient (Wildman–Crippen LogP) is 3.65. The largest absolute Gasteiger partial charge is 0.444 e. The van der Waals surface area contributed by atoms with Gasteiger partial charge in [0.05, 0.1) is 5.75 Å². The molecule has 9 heteroatoms. The normalized spacial score (nSPS) is 15.3. The number of piperazine rings is 1. The molecule has 0 radical (unpaired) electrons. The lowest BCUT2D eigenvalue weighted by molar-refractivity contribution is -0.130. The Morgan fingerprint density at radius 1 is 1.22 bits per heavy atom. The number of aromatic nitrogens is 1. The van der Waals surface area contributed by atoms with E-state index in [1.54, 1.807) is 28.0 Å². The Balaban J connectivity index is 1.48. The molecule has 1 aliphatic heterocycles. The fourth-order valence-electron chi connectivity index (χ4n) is 2.62. The zero-order chi connectivity index (χ0) is 19.6. The smallest absolute Gasteiger partial charge is 0.410 e. The molecule has 7 nitrogen and oxygen atoms in total. The van der Waals surface area contributed by atoms with Gasteiger partial charge in [-0.15, -0.1) is 0 Å². The van der Waals surface area contributed by atoms with Crippen LogP contribution in [0.2, 0.25) is 5.02 Å². The average Bonchev–Trinajstić information content (AvgIpc) is 3.00. The van der Waals surface area contributed by atoms with Crippen LogP contribution >= 0.6 is 23.4 Å². The Labute approximate surface area is 167 Å². The summed E-state index contributed by atoms with van der Waals surface area (Å²) in [4.78, 5) is 32.2. The van der Waals surface area contributed by atoms with E-state index in [-0.39, 0.29) is 17.8 Å². The third kappa shape index (κ3) is 5.29. The van der Waals surface area contributed by atoms with Gasteiger partial charge in [0.2, 0.25) is 5.91 Å². The molecular weight excluding hydrogens is 390 g/mol. The Kier molecular flexibility index (Phi) is 5.86. The van der Waals surface area contributed by atoms with E-state index in [9.17, 15) is 9.59 Å². The number of oxazole rings is 1. The minimum Gasteiger partial charge on any atom is -0.444 e. The van der Waals surface area contributed by atoms with Crippen LogP contribution in [-0.2, 0) is 9.53 Å². The minimum atomic E-state index is -0.523. The highest BCUT2D eigenvalue weighted by atomic mass is 35.5. The monoisotopic (exact) mass is 411 g/mol. The number of hydrogen-bond acceptors (Lipinski definition) is 6. The van der Waals surface area contributed by atoms with Crippen LogP contribution in [0, 0.1) is 0 Å². The second kappa shape index (κ2) is 7.98. The molecule has 2 amide bonds. The maximum absolute atomic E-state index is 12.4. The fourth-order valence-corrected chi connectivity index (χ4v) is 3.53. The summed E-state index contributed by atoms with van der Waals surface area (Å²) in [6.45, 7) is 7.41. The molecule has 3 rings (SSSR count). The molecule has 0 aliphatic carbocycles. The van der Waals surface area contributed by atoms with Crippen LogP contribution in [0.15, 0.2) is 27.8 Å². The molecule has 1 aromatic heterocycles. The first-order valence-corrected chi connectivity index (χ1v) is 10.0. The number of fused-ring (bicyclic) bond motifs is 1. The quantitative estimate of drug-likeness (QED) is 0.717. The number of nitrogens with zero attached hydrogens (tertiary/aromatic N) is 3. The summed E-state index contributed by atoms with van der Waals surface area (Å²) in [5, 5.41) is 1.03. The number of amides is 2. The van der Waals surface area contributed by atoms with E-state index in [0.29, 0.717) is 47.5 Å². The highest BCUT2D eigenvalue weighted by Crippen LogP contribution is 2.25. The summed E-state index contributed by atoms with van der Waals surface area (Å²) in [6.07, 6.45) is -0.339. The number of thioether (sulfide) groups is 1. The Morgan fingerprint density at radius 2 is 1.89 bits per heavy atom. The van der Waals surface area contributed by atoms with Crippen molar-refractivity contribution in [2.24, 2.45) is 0 Å². The van der Waals surface area contributed by atoms with Gasteiger partial charge in [0.15, 0.2) is 5.58 Å². The van der Waals surface area contributed by atoms with E-state index >= 15 is 0 Å². The van der Waals surface area contributed by atoms with Gasteiger partial charge in [-0.05, 0) is 39.0 Å². The van der Waals surface area contributed by atoms with Crippen molar-refractivity contribution < 1.29 is 18.7 Å². The van der Waals surface area contributed by atoms with Crippen molar-refractivity contribution in [3.05, 3.63) is 23.2 Å². The van der Waals surface area contributed by atoms with Gasteiger partial charge in [-0.3, -0.25) is 4.79 Å². The first kappa shape index (κ1) is 19.8. The molecule has 0 atom stereocenters.